The van der Waals surface area contributed by atoms with Gasteiger partial charge in [-0.2, -0.15) is 5.26 Å². The van der Waals surface area contributed by atoms with E-state index in [2.05, 4.69) is 40.7 Å². The Morgan fingerprint density at radius 3 is 2.15 bits per heavy atom. The van der Waals surface area contributed by atoms with Gasteiger partial charge in [-0.3, -0.25) is 4.98 Å². The molecule has 0 fully saturated rings. The molecule has 2 heterocycles. The van der Waals surface area contributed by atoms with Gasteiger partial charge in [-0.25, -0.2) is 15.0 Å². The van der Waals surface area contributed by atoms with Gasteiger partial charge in [-0.1, -0.05) is 20.8 Å². The van der Waals surface area contributed by atoms with Gasteiger partial charge >= 0.3 is 0 Å². The van der Waals surface area contributed by atoms with E-state index in [1.807, 2.05) is 18.2 Å². The molecule has 0 aliphatic heterocycles. The van der Waals surface area contributed by atoms with Crippen LogP contribution < -0.4 is 0 Å². The van der Waals surface area contributed by atoms with Crippen molar-refractivity contribution in [2.75, 3.05) is 0 Å². The SMILES string of the molecule is CC(C)(C)c1ncc(C=Cc2cnc(C#N)cn2)cn1. The van der Waals surface area contributed by atoms with Crippen LogP contribution >= 0.6 is 0 Å². The topological polar surface area (TPSA) is 75.3 Å². The standard InChI is InChI=1S/C15H15N5/c1-15(2,3)14-19-7-11(8-20-14)4-5-12-9-18-13(6-16)10-17-12/h4-5,7-10H,1-3H3. The largest absolute Gasteiger partial charge is 0.252 e. The minimum Gasteiger partial charge on any atom is -0.252 e. The van der Waals surface area contributed by atoms with Crippen molar-refractivity contribution in [2.45, 2.75) is 26.2 Å². The summed E-state index contributed by atoms with van der Waals surface area (Å²) in [5.41, 5.74) is 1.83. The molecule has 0 bridgehead atoms. The van der Waals surface area contributed by atoms with Crippen molar-refractivity contribution in [1.29, 1.82) is 5.26 Å². The predicted molar refractivity (Wildman–Crippen MR) is 76.4 cm³/mol. The monoisotopic (exact) mass is 265 g/mol. The van der Waals surface area contributed by atoms with Crippen LogP contribution in [-0.4, -0.2) is 19.9 Å². The van der Waals surface area contributed by atoms with E-state index in [9.17, 15) is 0 Å². The minimum atomic E-state index is -0.0547. The van der Waals surface area contributed by atoms with E-state index in [0.29, 0.717) is 11.4 Å². The lowest BCUT2D eigenvalue weighted by Crippen LogP contribution is -2.15. The number of nitriles is 1. The third kappa shape index (κ3) is 3.45. The fraction of sp³-hybridized carbons (Fsp3) is 0.267. The van der Waals surface area contributed by atoms with E-state index in [-0.39, 0.29) is 5.41 Å². The van der Waals surface area contributed by atoms with Crippen LogP contribution in [0, 0.1) is 11.3 Å². The summed E-state index contributed by atoms with van der Waals surface area (Å²) < 4.78 is 0. The molecular formula is C15H15N5. The first-order chi connectivity index (χ1) is 9.49. The summed E-state index contributed by atoms with van der Waals surface area (Å²) in [6.07, 6.45) is 10.2. The second-order valence-corrected chi connectivity index (χ2v) is 5.36. The molecule has 20 heavy (non-hydrogen) atoms. The summed E-state index contributed by atoms with van der Waals surface area (Å²) in [6.45, 7) is 6.22. The Morgan fingerprint density at radius 1 is 0.950 bits per heavy atom. The van der Waals surface area contributed by atoms with Crippen molar-refractivity contribution in [3.8, 4) is 6.07 Å². The summed E-state index contributed by atoms with van der Waals surface area (Å²) in [6, 6.07) is 1.93. The quantitative estimate of drug-likeness (QED) is 0.834. The van der Waals surface area contributed by atoms with Gasteiger partial charge in [0.1, 0.15) is 11.9 Å². The summed E-state index contributed by atoms with van der Waals surface area (Å²) in [7, 11) is 0. The average molecular weight is 265 g/mol. The molecule has 0 N–H and O–H groups in total. The average Bonchev–Trinajstić information content (AvgIpc) is 2.45. The highest BCUT2D eigenvalue weighted by Crippen LogP contribution is 2.17. The van der Waals surface area contributed by atoms with Gasteiger partial charge in [0.05, 0.1) is 18.1 Å². The lowest BCUT2D eigenvalue weighted by atomic mass is 9.96. The van der Waals surface area contributed by atoms with Crippen molar-refractivity contribution in [2.24, 2.45) is 0 Å². The normalized spacial score (nSPS) is 11.5. The van der Waals surface area contributed by atoms with Crippen molar-refractivity contribution in [3.05, 3.63) is 47.6 Å². The van der Waals surface area contributed by atoms with E-state index in [1.165, 1.54) is 6.20 Å². The van der Waals surface area contributed by atoms with E-state index in [1.54, 1.807) is 18.6 Å². The highest BCUT2D eigenvalue weighted by molar-refractivity contribution is 5.66. The van der Waals surface area contributed by atoms with Gasteiger partial charge in [-0.15, -0.1) is 0 Å². The molecule has 2 rings (SSSR count). The molecule has 0 saturated heterocycles. The Hall–Kier alpha value is -2.61. The zero-order valence-corrected chi connectivity index (χ0v) is 11.7. The number of aromatic nitrogens is 4. The van der Waals surface area contributed by atoms with Crippen LogP contribution in [0.3, 0.4) is 0 Å². The molecule has 0 aromatic carbocycles. The van der Waals surface area contributed by atoms with Gasteiger partial charge in [-0.05, 0) is 12.2 Å². The maximum absolute atomic E-state index is 8.64. The maximum Gasteiger partial charge on any atom is 0.158 e. The number of hydrogen-bond donors (Lipinski definition) is 0. The van der Waals surface area contributed by atoms with Crippen LogP contribution in [-0.2, 0) is 5.41 Å². The van der Waals surface area contributed by atoms with Crippen LogP contribution in [0.2, 0.25) is 0 Å². The fourth-order valence-corrected chi connectivity index (χ4v) is 1.47. The van der Waals surface area contributed by atoms with Crippen LogP contribution in [0.1, 0.15) is 43.5 Å². The van der Waals surface area contributed by atoms with Crippen LogP contribution in [0.25, 0.3) is 12.2 Å². The Labute approximate surface area is 118 Å². The molecule has 0 spiro atoms. The molecule has 2 aromatic rings. The van der Waals surface area contributed by atoms with Gasteiger partial charge in [0.15, 0.2) is 5.69 Å². The third-order valence-electron chi connectivity index (χ3n) is 2.58. The van der Waals surface area contributed by atoms with Crippen molar-refractivity contribution >= 4 is 12.2 Å². The summed E-state index contributed by atoms with van der Waals surface area (Å²) >= 11 is 0. The molecule has 0 aliphatic carbocycles. The molecule has 0 unspecified atom stereocenters. The molecule has 5 heteroatoms. The molecule has 0 aliphatic rings. The lowest BCUT2D eigenvalue weighted by molar-refractivity contribution is 0.545. The number of rotatable bonds is 2. The third-order valence-corrected chi connectivity index (χ3v) is 2.58. The Morgan fingerprint density at radius 2 is 1.65 bits per heavy atom. The van der Waals surface area contributed by atoms with Gasteiger partial charge in [0, 0.05) is 23.4 Å². The first-order valence-corrected chi connectivity index (χ1v) is 6.22. The number of nitrogens with zero attached hydrogens (tertiary/aromatic N) is 5. The predicted octanol–water partition coefficient (Wildman–Crippen LogP) is 2.61. The Balaban J connectivity index is 2.13. The molecule has 0 atom stereocenters. The second-order valence-electron chi connectivity index (χ2n) is 5.36. The van der Waals surface area contributed by atoms with Crippen LogP contribution in [0.15, 0.2) is 24.8 Å². The van der Waals surface area contributed by atoms with Crippen molar-refractivity contribution < 1.29 is 0 Å². The molecule has 100 valence electrons. The van der Waals surface area contributed by atoms with Crippen molar-refractivity contribution in [1.82, 2.24) is 19.9 Å². The first kappa shape index (κ1) is 13.8. The molecule has 0 saturated carbocycles. The Bertz CT molecular complexity index is 643. The first-order valence-electron chi connectivity index (χ1n) is 6.22. The lowest BCUT2D eigenvalue weighted by Gasteiger charge is -2.15. The Kier molecular flexibility index (Phi) is 3.85. The van der Waals surface area contributed by atoms with E-state index in [0.717, 1.165) is 11.4 Å². The molecule has 0 amide bonds. The summed E-state index contributed by atoms with van der Waals surface area (Å²) in [5.74, 6) is 0.813. The smallest absolute Gasteiger partial charge is 0.158 e. The van der Waals surface area contributed by atoms with Crippen molar-refractivity contribution in [3.63, 3.8) is 0 Å². The molecule has 2 aromatic heterocycles. The summed E-state index contributed by atoms with van der Waals surface area (Å²) in [4.78, 5) is 16.8. The second kappa shape index (κ2) is 5.57. The zero-order valence-electron chi connectivity index (χ0n) is 11.7. The highest BCUT2D eigenvalue weighted by atomic mass is 14.9. The zero-order chi connectivity index (χ0) is 14.6. The molecule has 0 radical (unpaired) electrons. The van der Waals surface area contributed by atoms with Gasteiger partial charge in [0.2, 0.25) is 0 Å². The van der Waals surface area contributed by atoms with E-state index >= 15 is 0 Å². The van der Waals surface area contributed by atoms with E-state index < -0.39 is 0 Å². The number of hydrogen-bond acceptors (Lipinski definition) is 5. The van der Waals surface area contributed by atoms with Gasteiger partial charge in [0.25, 0.3) is 0 Å². The minimum absolute atomic E-state index is 0.0547. The summed E-state index contributed by atoms with van der Waals surface area (Å²) in [5, 5.41) is 8.64. The molecular weight excluding hydrogens is 250 g/mol. The maximum atomic E-state index is 8.64. The molecule has 5 nitrogen and oxygen atoms in total. The van der Waals surface area contributed by atoms with E-state index in [4.69, 9.17) is 5.26 Å². The fourth-order valence-electron chi connectivity index (χ4n) is 1.47. The van der Waals surface area contributed by atoms with Crippen LogP contribution in [0.4, 0.5) is 0 Å². The van der Waals surface area contributed by atoms with Gasteiger partial charge < -0.3 is 0 Å². The highest BCUT2D eigenvalue weighted by Gasteiger charge is 2.16. The van der Waals surface area contributed by atoms with Crippen LogP contribution in [0.5, 0.6) is 0 Å².